The average Bonchev–Trinajstić information content (AvgIpc) is 3.18. The second-order valence-electron chi connectivity index (χ2n) is 4.88. The van der Waals surface area contributed by atoms with Gasteiger partial charge in [0, 0.05) is 6.42 Å². The van der Waals surface area contributed by atoms with Gasteiger partial charge in [0.25, 0.3) is 0 Å². The zero-order valence-electron chi connectivity index (χ0n) is 15.8. The normalized spacial score (nSPS) is 10.5. The van der Waals surface area contributed by atoms with Crippen LogP contribution in [0.5, 0.6) is 0 Å². The van der Waals surface area contributed by atoms with Crippen molar-refractivity contribution < 1.29 is 0 Å². The number of fused-ring (bicyclic) bond motifs is 1. The third-order valence-corrected chi connectivity index (χ3v) is 3.38. The van der Waals surface area contributed by atoms with E-state index in [0.717, 1.165) is 12.1 Å². The van der Waals surface area contributed by atoms with Gasteiger partial charge in [0.2, 0.25) is 0 Å². The van der Waals surface area contributed by atoms with Gasteiger partial charge >= 0.3 is 0 Å². The molecule has 0 unspecified atom stereocenters. The van der Waals surface area contributed by atoms with E-state index in [2.05, 4.69) is 47.5 Å². The van der Waals surface area contributed by atoms with Crippen molar-refractivity contribution in [3.63, 3.8) is 0 Å². The highest BCUT2D eigenvalue weighted by atomic mass is 14.8. The highest BCUT2D eigenvalue weighted by molar-refractivity contribution is 6.06. The molecule has 1 aliphatic heterocycles. The molecule has 0 saturated carbocycles. The van der Waals surface area contributed by atoms with E-state index in [0.29, 0.717) is 0 Å². The quantitative estimate of drug-likeness (QED) is 0.451. The highest BCUT2D eigenvalue weighted by Gasteiger charge is 2.14. The molecule has 1 heteroatoms. The van der Waals surface area contributed by atoms with E-state index in [1.807, 2.05) is 76.2 Å². The van der Waals surface area contributed by atoms with Crippen molar-refractivity contribution in [3.05, 3.63) is 102 Å². The number of para-hydroxylation sites is 1. The Labute approximate surface area is 153 Å². The molecule has 0 radical (unpaired) electrons. The van der Waals surface area contributed by atoms with Crippen LogP contribution in [0.4, 0.5) is 5.69 Å². The predicted octanol–water partition coefficient (Wildman–Crippen LogP) is 7.10. The maximum Gasteiger partial charge on any atom is 0.0669 e. The molecule has 0 spiro atoms. The minimum Gasteiger partial charge on any atom is -0.252 e. The number of hydrogen-bond acceptors (Lipinski definition) is 1. The number of rotatable bonds is 1. The van der Waals surface area contributed by atoms with Crippen LogP contribution in [0.15, 0.2) is 96.0 Å². The standard InChI is InChI=1S/C14H11N.C6H6.2C2H6/c1-2-6-11(7-3-1)14-10-12-8-4-5-9-13(12)15-14;1-2-4-6-5-3-1;2*1-2/h1-9H,10H2;1-6H;2*1-2H3. The van der Waals surface area contributed by atoms with Gasteiger partial charge in [-0.05, 0) is 17.2 Å². The summed E-state index contributed by atoms with van der Waals surface area (Å²) in [6.45, 7) is 8.00. The van der Waals surface area contributed by atoms with Gasteiger partial charge in [0.1, 0.15) is 0 Å². The second-order valence-corrected chi connectivity index (χ2v) is 4.88. The van der Waals surface area contributed by atoms with Gasteiger partial charge in [-0.2, -0.15) is 0 Å². The van der Waals surface area contributed by atoms with Crippen LogP contribution in [0.1, 0.15) is 38.8 Å². The van der Waals surface area contributed by atoms with Gasteiger partial charge in [0.15, 0.2) is 0 Å². The van der Waals surface area contributed by atoms with E-state index >= 15 is 0 Å². The van der Waals surface area contributed by atoms with Crippen molar-refractivity contribution in [1.29, 1.82) is 0 Å². The summed E-state index contributed by atoms with van der Waals surface area (Å²) in [5.74, 6) is 0. The molecule has 1 nitrogen and oxygen atoms in total. The number of nitrogens with zero attached hydrogens (tertiary/aromatic N) is 1. The van der Waals surface area contributed by atoms with E-state index < -0.39 is 0 Å². The fraction of sp³-hybridized carbons (Fsp3) is 0.208. The molecule has 4 rings (SSSR count). The van der Waals surface area contributed by atoms with Gasteiger partial charge in [0.05, 0.1) is 11.4 Å². The molecule has 0 amide bonds. The summed E-state index contributed by atoms with van der Waals surface area (Å²) in [7, 11) is 0. The first-order chi connectivity index (χ1) is 12.4. The molecule has 0 N–H and O–H groups in total. The Hall–Kier alpha value is -2.67. The van der Waals surface area contributed by atoms with Crippen LogP contribution in [-0.2, 0) is 6.42 Å². The van der Waals surface area contributed by atoms with Crippen LogP contribution in [0.25, 0.3) is 0 Å². The lowest BCUT2D eigenvalue weighted by Gasteiger charge is -1.98. The largest absolute Gasteiger partial charge is 0.252 e. The van der Waals surface area contributed by atoms with Crippen molar-refractivity contribution in [3.8, 4) is 0 Å². The Morgan fingerprint density at radius 1 is 0.560 bits per heavy atom. The Morgan fingerprint density at radius 2 is 1.00 bits per heavy atom. The van der Waals surface area contributed by atoms with E-state index in [1.54, 1.807) is 0 Å². The molecular weight excluding hydrogens is 302 g/mol. The summed E-state index contributed by atoms with van der Waals surface area (Å²) < 4.78 is 0. The first-order valence-electron chi connectivity index (χ1n) is 9.14. The van der Waals surface area contributed by atoms with Crippen LogP contribution in [0.3, 0.4) is 0 Å². The van der Waals surface area contributed by atoms with Gasteiger partial charge in [-0.25, -0.2) is 0 Å². The van der Waals surface area contributed by atoms with E-state index in [9.17, 15) is 0 Å². The molecule has 1 heterocycles. The molecule has 130 valence electrons. The van der Waals surface area contributed by atoms with Crippen LogP contribution >= 0.6 is 0 Å². The summed E-state index contributed by atoms with van der Waals surface area (Å²) in [4.78, 5) is 4.64. The smallest absolute Gasteiger partial charge is 0.0669 e. The molecule has 3 aromatic carbocycles. The van der Waals surface area contributed by atoms with Gasteiger partial charge in [-0.15, -0.1) is 0 Å². The number of benzene rings is 3. The van der Waals surface area contributed by atoms with Crippen LogP contribution in [0.2, 0.25) is 0 Å². The second kappa shape index (κ2) is 12.7. The maximum absolute atomic E-state index is 4.64. The first kappa shape index (κ1) is 20.4. The SMILES string of the molecule is CC.CC.c1ccc(C2=Nc3ccccc3C2)cc1.c1ccccc1. The fourth-order valence-corrected chi connectivity index (χ4v) is 2.32. The topological polar surface area (TPSA) is 12.4 Å². The predicted molar refractivity (Wildman–Crippen MR) is 112 cm³/mol. The summed E-state index contributed by atoms with van der Waals surface area (Å²) >= 11 is 0. The van der Waals surface area contributed by atoms with Crippen molar-refractivity contribution in [2.24, 2.45) is 4.99 Å². The average molecular weight is 332 g/mol. The van der Waals surface area contributed by atoms with E-state index in [1.165, 1.54) is 16.8 Å². The minimum absolute atomic E-state index is 0.959. The molecule has 0 fully saturated rings. The Morgan fingerprint density at radius 3 is 1.52 bits per heavy atom. The Balaban J connectivity index is 0.000000263. The van der Waals surface area contributed by atoms with Crippen molar-refractivity contribution in [2.75, 3.05) is 0 Å². The van der Waals surface area contributed by atoms with E-state index in [-0.39, 0.29) is 0 Å². The van der Waals surface area contributed by atoms with Crippen LogP contribution in [-0.4, -0.2) is 5.71 Å². The number of hydrogen-bond donors (Lipinski definition) is 0. The van der Waals surface area contributed by atoms with Gasteiger partial charge in [-0.3, -0.25) is 4.99 Å². The molecule has 0 aromatic heterocycles. The lowest BCUT2D eigenvalue weighted by Crippen LogP contribution is -1.99. The molecule has 0 atom stereocenters. The van der Waals surface area contributed by atoms with E-state index in [4.69, 9.17) is 0 Å². The molecule has 25 heavy (non-hydrogen) atoms. The Bertz CT molecular complexity index is 689. The molecule has 3 aromatic rings. The highest BCUT2D eigenvalue weighted by Crippen LogP contribution is 2.27. The van der Waals surface area contributed by atoms with Gasteiger partial charge in [-0.1, -0.05) is 113 Å². The molecule has 0 saturated heterocycles. The Kier molecular flexibility index (Phi) is 10.4. The maximum atomic E-state index is 4.64. The fourth-order valence-electron chi connectivity index (χ4n) is 2.32. The van der Waals surface area contributed by atoms with Gasteiger partial charge < -0.3 is 0 Å². The van der Waals surface area contributed by atoms with Crippen molar-refractivity contribution in [1.82, 2.24) is 0 Å². The molecular formula is C24H29N. The molecule has 0 bridgehead atoms. The van der Waals surface area contributed by atoms with Crippen LogP contribution in [0, 0.1) is 0 Å². The zero-order valence-corrected chi connectivity index (χ0v) is 15.8. The first-order valence-corrected chi connectivity index (χ1v) is 9.14. The lowest BCUT2D eigenvalue weighted by molar-refractivity contribution is 1.39. The summed E-state index contributed by atoms with van der Waals surface area (Å²) in [6, 6.07) is 30.7. The summed E-state index contributed by atoms with van der Waals surface area (Å²) in [5.41, 5.74) is 4.86. The third kappa shape index (κ3) is 6.76. The number of aliphatic imine (C=N–C) groups is 1. The van der Waals surface area contributed by atoms with Crippen LogP contribution < -0.4 is 0 Å². The molecule has 1 aliphatic rings. The summed E-state index contributed by atoms with van der Waals surface area (Å²) in [6.07, 6.45) is 0.959. The molecule has 0 aliphatic carbocycles. The third-order valence-electron chi connectivity index (χ3n) is 3.38. The van der Waals surface area contributed by atoms with Crippen molar-refractivity contribution >= 4 is 11.4 Å². The monoisotopic (exact) mass is 331 g/mol. The lowest BCUT2D eigenvalue weighted by atomic mass is 10.0. The zero-order chi connectivity index (χ0) is 18.3. The van der Waals surface area contributed by atoms with Crippen molar-refractivity contribution in [2.45, 2.75) is 34.1 Å². The minimum atomic E-state index is 0.959. The summed E-state index contributed by atoms with van der Waals surface area (Å²) in [5, 5.41) is 0.